The lowest BCUT2D eigenvalue weighted by Crippen LogP contribution is -2.15. The third kappa shape index (κ3) is 2.46. The van der Waals surface area contributed by atoms with Crippen molar-refractivity contribution in [2.45, 2.75) is 13.1 Å². The standard InChI is InChI=1S/C13H11F3N2O2S/c1-4-9(3)21(19,20)18-6-5-10-8(2)7-11(13(14,15)16)17-12(10)18/h4-7H,1,3H2,2H3. The summed E-state index contributed by atoms with van der Waals surface area (Å²) in [6.45, 7) is 8.08. The number of aryl methyl sites for hydroxylation is 1. The highest BCUT2D eigenvalue weighted by Gasteiger charge is 2.34. The van der Waals surface area contributed by atoms with Gasteiger partial charge in [0.15, 0.2) is 5.65 Å². The van der Waals surface area contributed by atoms with Gasteiger partial charge in [-0.15, -0.1) is 0 Å². The molecular formula is C13H11F3N2O2S. The number of hydrogen-bond acceptors (Lipinski definition) is 3. The van der Waals surface area contributed by atoms with Crippen LogP contribution in [-0.2, 0) is 16.2 Å². The Balaban J connectivity index is 2.83. The van der Waals surface area contributed by atoms with Gasteiger partial charge >= 0.3 is 6.18 Å². The third-order valence-corrected chi connectivity index (χ3v) is 4.58. The van der Waals surface area contributed by atoms with Crippen molar-refractivity contribution in [2.24, 2.45) is 0 Å². The number of pyridine rings is 1. The highest BCUT2D eigenvalue weighted by molar-refractivity contribution is 7.94. The van der Waals surface area contributed by atoms with Crippen LogP contribution in [0.3, 0.4) is 0 Å². The number of fused-ring (bicyclic) bond motifs is 1. The molecule has 2 heterocycles. The first-order chi connectivity index (χ1) is 9.59. The Kier molecular flexibility index (Phi) is 3.45. The zero-order valence-electron chi connectivity index (χ0n) is 11.0. The topological polar surface area (TPSA) is 52.0 Å². The summed E-state index contributed by atoms with van der Waals surface area (Å²) in [5, 5.41) is 0.323. The third-order valence-electron chi connectivity index (χ3n) is 2.94. The molecule has 0 unspecified atom stereocenters. The second-order valence-electron chi connectivity index (χ2n) is 4.35. The normalized spacial score (nSPS) is 12.6. The number of alkyl halides is 3. The van der Waals surface area contributed by atoms with Crippen LogP contribution in [0.25, 0.3) is 11.0 Å². The Hall–Kier alpha value is -2.09. The van der Waals surface area contributed by atoms with Crippen LogP contribution in [-0.4, -0.2) is 17.4 Å². The molecule has 0 aliphatic carbocycles. The summed E-state index contributed by atoms with van der Waals surface area (Å²) in [5.74, 6) is 0. The number of hydrogen-bond donors (Lipinski definition) is 0. The van der Waals surface area contributed by atoms with Crippen molar-refractivity contribution in [3.05, 3.63) is 53.7 Å². The fourth-order valence-electron chi connectivity index (χ4n) is 1.82. The maximum Gasteiger partial charge on any atom is 0.433 e. The maximum absolute atomic E-state index is 12.8. The summed E-state index contributed by atoms with van der Waals surface area (Å²) in [7, 11) is -4.08. The van der Waals surface area contributed by atoms with Gasteiger partial charge in [-0.25, -0.2) is 17.4 Å². The highest BCUT2D eigenvalue weighted by atomic mass is 32.2. The molecule has 0 atom stereocenters. The molecule has 2 rings (SSSR count). The first kappa shape index (κ1) is 15.3. The van der Waals surface area contributed by atoms with Gasteiger partial charge in [-0.05, 0) is 30.7 Å². The van der Waals surface area contributed by atoms with E-state index in [1.54, 1.807) is 0 Å². The van der Waals surface area contributed by atoms with Gasteiger partial charge in [0.25, 0.3) is 10.0 Å². The Bertz CT molecular complexity index is 848. The average molecular weight is 316 g/mol. The minimum Gasteiger partial charge on any atom is -0.224 e. The van der Waals surface area contributed by atoms with E-state index in [0.717, 1.165) is 18.3 Å². The molecule has 2 aromatic rings. The second-order valence-corrected chi connectivity index (χ2v) is 6.21. The Labute approximate surface area is 119 Å². The van der Waals surface area contributed by atoms with Gasteiger partial charge in [0.1, 0.15) is 5.69 Å². The van der Waals surface area contributed by atoms with E-state index in [1.165, 1.54) is 13.0 Å². The smallest absolute Gasteiger partial charge is 0.224 e. The van der Waals surface area contributed by atoms with Gasteiger partial charge < -0.3 is 0 Å². The van der Waals surface area contributed by atoms with Crippen molar-refractivity contribution in [2.75, 3.05) is 0 Å². The molecule has 0 amide bonds. The minimum atomic E-state index is -4.66. The van der Waals surface area contributed by atoms with Gasteiger partial charge in [-0.3, -0.25) is 0 Å². The van der Waals surface area contributed by atoms with E-state index in [2.05, 4.69) is 18.1 Å². The Morgan fingerprint density at radius 3 is 2.57 bits per heavy atom. The molecule has 8 heteroatoms. The second kappa shape index (κ2) is 4.73. The molecule has 0 saturated heterocycles. The monoisotopic (exact) mass is 316 g/mol. The Morgan fingerprint density at radius 2 is 2.05 bits per heavy atom. The molecule has 0 bridgehead atoms. The van der Waals surface area contributed by atoms with Crippen LogP contribution in [0.5, 0.6) is 0 Å². The van der Waals surface area contributed by atoms with Crippen molar-refractivity contribution in [1.82, 2.24) is 8.96 Å². The predicted molar refractivity (Wildman–Crippen MR) is 73.1 cm³/mol. The summed E-state index contributed by atoms with van der Waals surface area (Å²) >= 11 is 0. The molecule has 0 aliphatic heterocycles. The SMILES string of the molecule is C=CC(=C)S(=O)(=O)n1ccc2c(C)cc(C(F)(F)F)nc21. The van der Waals surface area contributed by atoms with Gasteiger partial charge in [0.2, 0.25) is 0 Å². The number of allylic oxidation sites excluding steroid dienone is 1. The van der Waals surface area contributed by atoms with Crippen LogP contribution in [0, 0.1) is 6.92 Å². The van der Waals surface area contributed by atoms with Crippen LogP contribution < -0.4 is 0 Å². The summed E-state index contributed by atoms with van der Waals surface area (Å²) in [4.78, 5) is 3.11. The van der Waals surface area contributed by atoms with Crippen molar-refractivity contribution in [1.29, 1.82) is 0 Å². The van der Waals surface area contributed by atoms with E-state index < -0.39 is 21.9 Å². The highest BCUT2D eigenvalue weighted by Crippen LogP contribution is 2.31. The quantitative estimate of drug-likeness (QED) is 0.817. The van der Waals surface area contributed by atoms with E-state index in [1.807, 2.05) is 0 Å². The predicted octanol–water partition coefficient (Wildman–Crippen LogP) is 3.24. The fourth-order valence-corrected chi connectivity index (χ4v) is 2.87. The number of rotatable bonds is 3. The number of aromatic nitrogens is 2. The van der Waals surface area contributed by atoms with Crippen molar-refractivity contribution < 1.29 is 21.6 Å². The zero-order valence-corrected chi connectivity index (χ0v) is 11.8. The summed E-state index contributed by atoms with van der Waals surface area (Å²) in [5.41, 5.74) is -1.15. The lowest BCUT2D eigenvalue weighted by atomic mass is 10.2. The lowest BCUT2D eigenvalue weighted by Gasteiger charge is -2.10. The average Bonchev–Trinajstić information content (AvgIpc) is 2.81. The van der Waals surface area contributed by atoms with Crippen LogP contribution >= 0.6 is 0 Å². The molecule has 0 aromatic carbocycles. The van der Waals surface area contributed by atoms with E-state index in [0.29, 0.717) is 9.36 Å². The molecule has 0 fully saturated rings. The molecule has 0 radical (unpaired) electrons. The van der Waals surface area contributed by atoms with Gasteiger partial charge in [0, 0.05) is 11.6 Å². The molecule has 0 aliphatic rings. The van der Waals surface area contributed by atoms with Gasteiger partial charge in [0.05, 0.1) is 4.91 Å². The molecular weight excluding hydrogens is 305 g/mol. The van der Waals surface area contributed by atoms with E-state index in [4.69, 9.17) is 0 Å². The van der Waals surface area contributed by atoms with E-state index in [-0.39, 0.29) is 16.1 Å². The minimum absolute atomic E-state index is 0.283. The van der Waals surface area contributed by atoms with Crippen LogP contribution in [0.15, 0.2) is 42.5 Å². The zero-order chi connectivity index (χ0) is 16.0. The van der Waals surface area contributed by atoms with Crippen molar-refractivity contribution in [3.63, 3.8) is 0 Å². The molecule has 2 aromatic heterocycles. The molecule has 0 spiro atoms. The summed E-state index contributed by atoms with van der Waals surface area (Å²) in [6, 6.07) is 2.27. The number of halogens is 3. The van der Waals surface area contributed by atoms with Gasteiger partial charge in [-0.1, -0.05) is 13.2 Å². The van der Waals surface area contributed by atoms with E-state index in [9.17, 15) is 21.6 Å². The van der Waals surface area contributed by atoms with Gasteiger partial charge in [-0.2, -0.15) is 13.2 Å². The maximum atomic E-state index is 12.8. The first-order valence-corrected chi connectivity index (χ1v) is 7.16. The lowest BCUT2D eigenvalue weighted by molar-refractivity contribution is -0.141. The first-order valence-electron chi connectivity index (χ1n) is 5.72. The van der Waals surface area contributed by atoms with Crippen LogP contribution in [0.4, 0.5) is 13.2 Å². The summed E-state index contributed by atoms with van der Waals surface area (Å²) < 4.78 is 63.4. The largest absolute Gasteiger partial charge is 0.433 e. The fraction of sp³-hybridized carbons (Fsp3) is 0.154. The van der Waals surface area contributed by atoms with Crippen LogP contribution in [0.1, 0.15) is 11.3 Å². The Morgan fingerprint density at radius 1 is 1.43 bits per heavy atom. The molecule has 21 heavy (non-hydrogen) atoms. The van der Waals surface area contributed by atoms with Crippen molar-refractivity contribution >= 4 is 21.1 Å². The number of nitrogens with zero attached hydrogens (tertiary/aromatic N) is 2. The molecule has 0 saturated carbocycles. The molecule has 0 N–H and O–H groups in total. The van der Waals surface area contributed by atoms with Crippen molar-refractivity contribution in [3.8, 4) is 0 Å². The van der Waals surface area contributed by atoms with Crippen LogP contribution in [0.2, 0.25) is 0 Å². The molecule has 4 nitrogen and oxygen atoms in total. The summed E-state index contributed by atoms with van der Waals surface area (Å²) in [6.07, 6.45) is -2.50. The molecule has 112 valence electrons. The van der Waals surface area contributed by atoms with E-state index >= 15 is 0 Å².